The monoisotopic (exact) mass is 218 g/mol. The summed E-state index contributed by atoms with van der Waals surface area (Å²) in [5.41, 5.74) is 0. The standard InChI is InChI=1S/C8H14N2O3S/c1-7(11)8-2-4-10(6-8)14(12,13)5-3-9/h7-8,11H,2,4-6H2,1H3. The number of aliphatic hydroxyl groups excluding tert-OH is 1. The van der Waals surface area contributed by atoms with Crippen molar-refractivity contribution in [3.63, 3.8) is 0 Å². The van der Waals surface area contributed by atoms with Crippen LogP contribution in [0.2, 0.25) is 0 Å². The molecule has 0 aromatic carbocycles. The molecule has 0 aromatic heterocycles. The van der Waals surface area contributed by atoms with Gasteiger partial charge in [0.1, 0.15) is 0 Å². The van der Waals surface area contributed by atoms with E-state index in [-0.39, 0.29) is 5.92 Å². The molecule has 0 saturated carbocycles. The third-order valence-corrected chi connectivity index (χ3v) is 4.12. The van der Waals surface area contributed by atoms with Crippen molar-refractivity contribution in [2.24, 2.45) is 5.92 Å². The van der Waals surface area contributed by atoms with E-state index in [2.05, 4.69) is 0 Å². The van der Waals surface area contributed by atoms with Gasteiger partial charge < -0.3 is 5.11 Å². The van der Waals surface area contributed by atoms with Gasteiger partial charge in [0.05, 0.1) is 12.2 Å². The number of sulfonamides is 1. The Hall–Kier alpha value is -0.640. The maximum atomic E-state index is 11.4. The van der Waals surface area contributed by atoms with Crippen LogP contribution in [0, 0.1) is 17.2 Å². The van der Waals surface area contributed by atoms with Gasteiger partial charge in [-0.15, -0.1) is 0 Å². The third kappa shape index (κ3) is 2.44. The molecule has 1 saturated heterocycles. The molecule has 14 heavy (non-hydrogen) atoms. The predicted octanol–water partition coefficient (Wildman–Crippen LogP) is -0.458. The largest absolute Gasteiger partial charge is 0.393 e. The van der Waals surface area contributed by atoms with Crippen molar-refractivity contribution in [3.05, 3.63) is 0 Å². The van der Waals surface area contributed by atoms with Crippen LogP contribution in [-0.4, -0.2) is 42.8 Å². The Morgan fingerprint density at radius 1 is 1.71 bits per heavy atom. The number of rotatable bonds is 3. The first kappa shape index (κ1) is 11.4. The SMILES string of the molecule is CC(O)C1CCN(S(=O)(=O)CC#N)C1. The van der Waals surface area contributed by atoms with E-state index in [0.29, 0.717) is 19.5 Å². The molecule has 1 fully saturated rings. The highest BCUT2D eigenvalue weighted by Gasteiger charge is 2.32. The summed E-state index contributed by atoms with van der Waals surface area (Å²) in [6, 6.07) is 1.64. The van der Waals surface area contributed by atoms with Crippen LogP contribution in [0.15, 0.2) is 0 Å². The predicted molar refractivity (Wildman–Crippen MR) is 50.8 cm³/mol. The van der Waals surface area contributed by atoms with Gasteiger partial charge >= 0.3 is 0 Å². The number of nitriles is 1. The zero-order chi connectivity index (χ0) is 10.8. The number of hydrogen-bond acceptors (Lipinski definition) is 4. The van der Waals surface area contributed by atoms with Gasteiger partial charge in [-0.3, -0.25) is 0 Å². The minimum Gasteiger partial charge on any atom is -0.393 e. The van der Waals surface area contributed by atoms with Crippen LogP contribution < -0.4 is 0 Å². The van der Waals surface area contributed by atoms with E-state index in [4.69, 9.17) is 5.26 Å². The van der Waals surface area contributed by atoms with Gasteiger partial charge in [-0.05, 0) is 19.3 Å². The molecule has 0 spiro atoms. The van der Waals surface area contributed by atoms with Gasteiger partial charge in [0, 0.05) is 13.1 Å². The lowest BCUT2D eigenvalue weighted by molar-refractivity contribution is 0.133. The van der Waals surface area contributed by atoms with Crippen molar-refractivity contribution in [2.45, 2.75) is 19.4 Å². The van der Waals surface area contributed by atoms with E-state index in [1.807, 2.05) is 0 Å². The molecule has 2 unspecified atom stereocenters. The van der Waals surface area contributed by atoms with Gasteiger partial charge in [-0.1, -0.05) is 0 Å². The summed E-state index contributed by atoms with van der Waals surface area (Å²) in [6.07, 6.45) is 0.180. The van der Waals surface area contributed by atoms with Crippen LogP contribution in [0.1, 0.15) is 13.3 Å². The fraction of sp³-hybridized carbons (Fsp3) is 0.875. The first-order valence-corrected chi connectivity index (χ1v) is 6.11. The summed E-state index contributed by atoms with van der Waals surface area (Å²) in [4.78, 5) is 0. The molecular formula is C8H14N2O3S. The zero-order valence-electron chi connectivity index (χ0n) is 8.05. The molecule has 1 aliphatic rings. The van der Waals surface area contributed by atoms with E-state index in [1.165, 1.54) is 4.31 Å². The highest BCUT2D eigenvalue weighted by atomic mass is 32.2. The van der Waals surface area contributed by atoms with Gasteiger partial charge in [0.25, 0.3) is 0 Å². The van der Waals surface area contributed by atoms with Gasteiger partial charge in [-0.2, -0.15) is 5.26 Å². The van der Waals surface area contributed by atoms with Crippen LogP contribution >= 0.6 is 0 Å². The Kier molecular flexibility index (Phi) is 3.48. The molecule has 1 heterocycles. The van der Waals surface area contributed by atoms with E-state index in [1.54, 1.807) is 13.0 Å². The van der Waals surface area contributed by atoms with Crippen molar-refractivity contribution in [2.75, 3.05) is 18.8 Å². The van der Waals surface area contributed by atoms with Crippen LogP contribution in [0.25, 0.3) is 0 Å². The Balaban J connectivity index is 2.63. The highest BCUT2D eigenvalue weighted by molar-refractivity contribution is 7.89. The minimum absolute atomic E-state index is 0.00321. The summed E-state index contributed by atoms with van der Waals surface area (Å²) >= 11 is 0. The quantitative estimate of drug-likeness (QED) is 0.695. The number of aliphatic hydroxyl groups is 1. The number of hydrogen-bond donors (Lipinski definition) is 1. The van der Waals surface area contributed by atoms with E-state index in [0.717, 1.165) is 0 Å². The molecule has 2 atom stereocenters. The average Bonchev–Trinajstić information content (AvgIpc) is 2.51. The van der Waals surface area contributed by atoms with Crippen LogP contribution in [0.3, 0.4) is 0 Å². The second-order valence-electron chi connectivity index (χ2n) is 3.56. The van der Waals surface area contributed by atoms with E-state index >= 15 is 0 Å². The van der Waals surface area contributed by atoms with Crippen molar-refractivity contribution in [1.82, 2.24) is 4.31 Å². The maximum Gasteiger partial charge on any atom is 0.227 e. The van der Waals surface area contributed by atoms with E-state index < -0.39 is 21.9 Å². The molecule has 6 heteroatoms. The zero-order valence-corrected chi connectivity index (χ0v) is 8.87. The summed E-state index contributed by atoms with van der Waals surface area (Å²) in [7, 11) is -3.42. The maximum absolute atomic E-state index is 11.4. The molecule has 80 valence electrons. The van der Waals surface area contributed by atoms with E-state index in [9.17, 15) is 13.5 Å². The van der Waals surface area contributed by atoms with Crippen molar-refractivity contribution in [3.8, 4) is 6.07 Å². The second kappa shape index (κ2) is 4.26. The lowest BCUT2D eigenvalue weighted by Gasteiger charge is -2.15. The van der Waals surface area contributed by atoms with Crippen molar-refractivity contribution < 1.29 is 13.5 Å². The Morgan fingerprint density at radius 2 is 2.36 bits per heavy atom. The lowest BCUT2D eigenvalue weighted by Crippen LogP contribution is -2.31. The molecule has 0 amide bonds. The lowest BCUT2D eigenvalue weighted by atomic mass is 10.0. The van der Waals surface area contributed by atoms with Gasteiger partial charge in [-0.25, -0.2) is 12.7 Å². The Labute approximate surface area is 84.0 Å². The summed E-state index contributed by atoms with van der Waals surface area (Å²) < 4.78 is 24.1. The normalized spacial score (nSPS) is 25.9. The molecule has 1 aliphatic heterocycles. The van der Waals surface area contributed by atoms with Gasteiger partial charge in [0.15, 0.2) is 5.75 Å². The third-order valence-electron chi connectivity index (χ3n) is 2.51. The molecule has 5 nitrogen and oxygen atoms in total. The molecule has 0 aromatic rings. The van der Waals surface area contributed by atoms with Crippen LogP contribution in [0.5, 0.6) is 0 Å². The first-order chi connectivity index (χ1) is 6.47. The average molecular weight is 218 g/mol. The molecule has 1 N–H and O–H groups in total. The highest BCUT2D eigenvalue weighted by Crippen LogP contribution is 2.22. The smallest absolute Gasteiger partial charge is 0.227 e. The van der Waals surface area contributed by atoms with Crippen LogP contribution in [-0.2, 0) is 10.0 Å². The molecule has 0 bridgehead atoms. The fourth-order valence-corrected chi connectivity index (χ4v) is 2.72. The molecule has 0 radical (unpaired) electrons. The Bertz CT molecular complexity index is 331. The van der Waals surface area contributed by atoms with Crippen molar-refractivity contribution in [1.29, 1.82) is 5.26 Å². The summed E-state index contributed by atoms with van der Waals surface area (Å²) in [5.74, 6) is -0.469. The van der Waals surface area contributed by atoms with Crippen molar-refractivity contribution >= 4 is 10.0 Å². The fourth-order valence-electron chi connectivity index (χ4n) is 1.57. The molecule has 1 rings (SSSR count). The topological polar surface area (TPSA) is 81.4 Å². The van der Waals surface area contributed by atoms with Gasteiger partial charge in [0.2, 0.25) is 10.0 Å². The summed E-state index contributed by atoms with van der Waals surface area (Å²) in [5, 5.41) is 17.6. The Morgan fingerprint density at radius 3 is 2.79 bits per heavy atom. The molecular weight excluding hydrogens is 204 g/mol. The second-order valence-corrected chi connectivity index (χ2v) is 5.53. The minimum atomic E-state index is -3.42. The first-order valence-electron chi connectivity index (χ1n) is 4.50. The molecule has 0 aliphatic carbocycles. The number of nitrogens with zero attached hydrogens (tertiary/aromatic N) is 2. The summed E-state index contributed by atoms with van der Waals surface area (Å²) in [6.45, 7) is 2.41. The van der Waals surface area contributed by atoms with Crippen LogP contribution in [0.4, 0.5) is 0 Å².